The van der Waals surface area contributed by atoms with Crippen molar-refractivity contribution >= 4 is 18.3 Å². The number of aliphatic hydroxyl groups is 1. The first kappa shape index (κ1) is 18.9. The topological polar surface area (TPSA) is 70.6 Å². The van der Waals surface area contributed by atoms with Crippen molar-refractivity contribution in [3.05, 3.63) is 35.4 Å². The number of halogens is 1. The molecule has 0 spiro atoms. The maximum atomic E-state index is 11.5. The third-order valence-electron chi connectivity index (χ3n) is 2.81. The van der Waals surface area contributed by atoms with Crippen LogP contribution in [0.2, 0.25) is 0 Å². The summed E-state index contributed by atoms with van der Waals surface area (Å²) < 4.78 is 4.86. The van der Waals surface area contributed by atoms with Gasteiger partial charge in [0.25, 0.3) is 0 Å². The van der Waals surface area contributed by atoms with E-state index in [9.17, 15) is 9.90 Å². The molecular weight excluding hydrogens is 280 g/mol. The molecule has 1 aromatic carbocycles. The van der Waals surface area contributed by atoms with E-state index in [1.807, 2.05) is 31.2 Å². The van der Waals surface area contributed by atoms with Gasteiger partial charge in [0.2, 0.25) is 5.91 Å². The SMILES string of the molecule is COCCNCC(=O)NCC(O)c1ccccc1C.Cl. The maximum Gasteiger partial charge on any atom is 0.234 e. The van der Waals surface area contributed by atoms with E-state index in [4.69, 9.17) is 4.74 Å². The lowest BCUT2D eigenvalue weighted by Gasteiger charge is -2.14. The monoisotopic (exact) mass is 302 g/mol. The lowest BCUT2D eigenvalue weighted by Crippen LogP contribution is -2.37. The van der Waals surface area contributed by atoms with E-state index in [2.05, 4.69) is 10.6 Å². The largest absolute Gasteiger partial charge is 0.387 e. The zero-order chi connectivity index (χ0) is 14.1. The van der Waals surface area contributed by atoms with E-state index >= 15 is 0 Å². The van der Waals surface area contributed by atoms with Gasteiger partial charge in [-0.05, 0) is 18.1 Å². The fourth-order valence-corrected chi connectivity index (χ4v) is 1.72. The number of ether oxygens (including phenoxy) is 1. The molecule has 0 heterocycles. The fourth-order valence-electron chi connectivity index (χ4n) is 1.72. The van der Waals surface area contributed by atoms with Crippen LogP contribution in [0, 0.1) is 6.92 Å². The molecule has 0 aliphatic heterocycles. The van der Waals surface area contributed by atoms with E-state index in [0.717, 1.165) is 11.1 Å². The second-order valence-corrected chi connectivity index (χ2v) is 4.35. The van der Waals surface area contributed by atoms with Crippen molar-refractivity contribution in [2.75, 3.05) is 33.4 Å². The van der Waals surface area contributed by atoms with Crippen molar-refractivity contribution in [1.82, 2.24) is 10.6 Å². The number of aliphatic hydroxyl groups excluding tert-OH is 1. The molecule has 1 atom stereocenters. The lowest BCUT2D eigenvalue weighted by molar-refractivity contribution is -0.120. The van der Waals surface area contributed by atoms with Crippen LogP contribution < -0.4 is 10.6 Å². The van der Waals surface area contributed by atoms with E-state index < -0.39 is 6.10 Å². The molecule has 114 valence electrons. The summed E-state index contributed by atoms with van der Waals surface area (Å²) in [5.41, 5.74) is 1.86. The van der Waals surface area contributed by atoms with Crippen LogP contribution >= 0.6 is 12.4 Å². The van der Waals surface area contributed by atoms with Gasteiger partial charge in [-0.1, -0.05) is 24.3 Å². The maximum absolute atomic E-state index is 11.5. The summed E-state index contributed by atoms with van der Waals surface area (Å²) in [6.45, 7) is 3.58. The Bertz CT molecular complexity index is 402. The highest BCUT2D eigenvalue weighted by Gasteiger charge is 2.10. The minimum atomic E-state index is -0.677. The van der Waals surface area contributed by atoms with Gasteiger partial charge in [0, 0.05) is 20.2 Å². The molecule has 1 amide bonds. The molecule has 0 aromatic heterocycles. The molecule has 0 saturated heterocycles. The molecule has 3 N–H and O–H groups in total. The predicted molar refractivity (Wildman–Crippen MR) is 81.1 cm³/mol. The zero-order valence-corrected chi connectivity index (χ0v) is 12.7. The summed E-state index contributed by atoms with van der Waals surface area (Å²) in [7, 11) is 1.61. The van der Waals surface area contributed by atoms with E-state index in [1.54, 1.807) is 7.11 Å². The van der Waals surface area contributed by atoms with Crippen molar-refractivity contribution < 1.29 is 14.6 Å². The van der Waals surface area contributed by atoms with Gasteiger partial charge < -0.3 is 20.5 Å². The smallest absolute Gasteiger partial charge is 0.234 e. The number of hydrogen-bond donors (Lipinski definition) is 3. The van der Waals surface area contributed by atoms with Crippen molar-refractivity contribution in [1.29, 1.82) is 0 Å². The molecule has 1 rings (SSSR count). The molecule has 0 aliphatic carbocycles. The second-order valence-electron chi connectivity index (χ2n) is 4.35. The van der Waals surface area contributed by atoms with Crippen LogP contribution in [0.1, 0.15) is 17.2 Å². The molecule has 0 radical (unpaired) electrons. The van der Waals surface area contributed by atoms with Crippen LogP contribution in [-0.4, -0.2) is 44.4 Å². The molecule has 1 aromatic rings. The average molecular weight is 303 g/mol. The highest BCUT2D eigenvalue weighted by molar-refractivity contribution is 5.85. The molecule has 1 unspecified atom stereocenters. The number of hydrogen-bond acceptors (Lipinski definition) is 4. The normalized spacial score (nSPS) is 11.6. The Morgan fingerprint density at radius 3 is 2.75 bits per heavy atom. The van der Waals surface area contributed by atoms with Crippen molar-refractivity contribution in [3.8, 4) is 0 Å². The first-order valence-corrected chi connectivity index (χ1v) is 6.35. The number of rotatable bonds is 8. The van der Waals surface area contributed by atoms with E-state index in [0.29, 0.717) is 13.2 Å². The van der Waals surface area contributed by atoms with Crippen LogP contribution in [0.5, 0.6) is 0 Å². The Morgan fingerprint density at radius 2 is 2.10 bits per heavy atom. The van der Waals surface area contributed by atoms with Gasteiger partial charge in [-0.2, -0.15) is 0 Å². The molecule has 0 saturated carbocycles. The summed E-state index contributed by atoms with van der Waals surface area (Å²) in [6.07, 6.45) is -0.677. The minimum Gasteiger partial charge on any atom is -0.387 e. The predicted octanol–water partition coefficient (Wildman–Crippen LogP) is 0.802. The molecule has 6 heteroatoms. The first-order valence-electron chi connectivity index (χ1n) is 6.35. The van der Waals surface area contributed by atoms with Crippen LogP contribution in [0.15, 0.2) is 24.3 Å². The summed E-state index contributed by atoms with van der Waals surface area (Å²) in [6, 6.07) is 7.60. The Hall–Kier alpha value is -1.14. The number of nitrogens with one attached hydrogen (secondary N) is 2. The third-order valence-corrected chi connectivity index (χ3v) is 2.81. The summed E-state index contributed by atoms with van der Waals surface area (Å²) >= 11 is 0. The molecule has 0 bridgehead atoms. The second kappa shape index (κ2) is 10.6. The number of benzene rings is 1. The number of amides is 1. The van der Waals surface area contributed by atoms with Crippen molar-refractivity contribution in [2.24, 2.45) is 0 Å². The Morgan fingerprint density at radius 1 is 1.40 bits per heavy atom. The number of carbonyl (C=O) groups excluding carboxylic acids is 1. The molecule has 20 heavy (non-hydrogen) atoms. The Balaban J connectivity index is 0.00000361. The molecule has 0 fully saturated rings. The Labute approximate surface area is 126 Å². The van der Waals surface area contributed by atoms with Crippen LogP contribution in [0.3, 0.4) is 0 Å². The summed E-state index contributed by atoms with van der Waals surface area (Å²) in [4.78, 5) is 11.5. The van der Waals surface area contributed by atoms with Crippen LogP contribution in [0.4, 0.5) is 0 Å². The average Bonchev–Trinajstić information content (AvgIpc) is 2.41. The molecular formula is C14H23ClN2O3. The summed E-state index contributed by atoms with van der Waals surface area (Å²) in [5, 5.41) is 15.6. The van der Waals surface area contributed by atoms with Crippen LogP contribution in [0.25, 0.3) is 0 Å². The number of methoxy groups -OCH3 is 1. The van der Waals surface area contributed by atoms with Gasteiger partial charge in [0.15, 0.2) is 0 Å². The highest BCUT2D eigenvalue weighted by Crippen LogP contribution is 2.15. The van der Waals surface area contributed by atoms with Crippen LogP contribution in [-0.2, 0) is 9.53 Å². The fraction of sp³-hybridized carbons (Fsp3) is 0.500. The molecule has 0 aliphatic rings. The minimum absolute atomic E-state index is 0. The van der Waals surface area contributed by atoms with Crippen molar-refractivity contribution in [2.45, 2.75) is 13.0 Å². The Kier molecular flexibility index (Phi) is 10.0. The summed E-state index contributed by atoms with van der Waals surface area (Å²) in [5.74, 6) is -0.135. The van der Waals surface area contributed by atoms with Gasteiger partial charge in [0.05, 0.1) is 19.3 Å². The standard InChI is InChI=1S/C14H22N2O3.ClH/c1-11-5-3-4-6-12(11)13(17)9-16-14(18)10-15-7-8-19-2;/h3-6,13,15,17H,7-10H2,1-2H3,(H,16,18);1H. The van der Waals surface area contributed by atoms with Gasteiger partial charge >= 0.3 is 0 Å². The van der Waals surface area contributed by atoms with Crippen molar-refractivity contribution in [3.63, 3.8) is 0 Å². The molecule has 5 nitrogen and oxygen atoms in total. The zero-order valence-electron chi connectivity index (χ0n) is 11.9. The van der Waals surface area contributed by atoms with Gasteiger partial charge in [-0.25, -0.2) is 0 Å². The number of carbonyl (C=O) groups is 1. The lowest BCUT2D eigenvalue weighted by atomic mass is 10.0. The quantitative estimate of drug-likeness (QED) is 0.621. The van der Waals surface area contributed by atoms with E-state index in [1.165, 1.54) is 0 Å². The van der Waals surface area contributed by atoms with Gasteiger partial charge in [-0.15, -0.1) is 12.4 Å². The van der Waals surface area contributed by atoms with Gasteiger partial charge in [0.1, 0.15) is 0 Å². The third kappa shape index (κ3) is 6.86. The highest BCUT2D eigenvalue weighted by atomic mass is 35.5. The number of aryl methyl sites for hydroxylation is 1. The first-order chi connectivity index (χ1) is 9.15. The van der Waals surface area contributed by atoms with E-state index in [-0.39, 0.29) is 31.4 Å². The van der Waals surface area contributed by atoms with Gasteiger partial charge in [-0.3, -0.25) is 4.79 Å².